The Bertz CT molecular complexity index is 226. The van der Waals surface area contributed by atoms with Crippen molar-refractivity contribution in [2.75, 3.05) is 6.54 Å². The molecule has 0 aliphatic heterocycles. The van der Waals surface area contributed by atoms with Gasteiger partial charge < -0.3 is 10.6 Å². The van der Waals surface area contributed by atoms with Crippen molar-refractivity contribution in [1.29, 1.82) is 0 Å². The van der Waals surface area contributed by atoms with E-state index in [1.54, 1.807) is 13.8 Å². The van der Waals surface area contributed by atoms with Gasteiger partial charge >= 0.3 is 0 Å². The molecule has 0 unspecified atom stereocenters. The molecule has 2 N–H and O–H groups in total. The van der Waals surface area contributed by atoms with Gasteiger partial charge in [0.15, 0.2) is 0 Å². The lowest BCUT2D eigenvalue weighted by atomic mass is 10.0. The first-order chi connectivity index (χ1) is 6.82. The van der Waals surface area contributed by atoms with Crippen molar-refractivity contribution in [3.63, 3.8) is 0 Å². The Hall–Kier alpha value is -0.570. The van der Waals surface area contributed by atoms with Crippen LogP contribution in [-0.4, -0.2) is 28.9 Å². The Morgan fingerprint density at radius 1 is 1.47 bits per heavy atom. The smallest absolute Gasteiger partial charge is 0.242 e. The number of nitrogens with zero attached hydrogens (tertiary/aromatic N) is 1. The molecular formula is C12H24N2O. The molecule has 1 aliphatic rings. The number of hydrogen-bond donors (Lipinski definition) is 1. The molecule has 1 fully saturated rings. The van der Waals surface area contributed by atoms with Crippen LogP contribution < -0.4 is 5.73 Å². The average Bonchev–Trinajstić information content (AvgIpc) is 2.85. The molecular weight excluding hydrogens is 188 g/mol. The normalized spacial score (nSPS) is 16.9. The summed E-state index contributed by atoms with van der Waals surface area (Å²) in [6.45, 7) is 8.81. The average molecular weight is 212 g/mol. The fourth-order valence-corrected chi connectivity index (χ4v) is 1.60. The van der Waals surface area contributed by atoms with E-state index >= 15 is 0 Å². The van der Waals surface area contributed by atoms with Crippen molar-refractivity contribution >= 4 is 5.91 Å². The second kappa shape index (κ2) is 4.52. The fourth-order valence-electron chi connectivity index (χ4n) is 1.60. The van der Waals surface area contributed by atoms with Gasteiger partial charge in [-0.3, -0.25) is 4.79 Å². The van der Waals surface area contributed by atoms with E-state index < -0.39 is 5.54 Å². The molecule has 88 valence electrons. The Morgan fingerprint density at radius 2 is 2.00 bits per heavy atom. The van der Waals surface area contributed by atoms with Crippen LogP contribution >= 0.6 is 0 Å². The molecule has 3 heteroatoms. The zero-order valence-corrected chi connectivity index (χ0v) is 10.4. The van der Waals surface area contributed by atoms with Gasteiger partial charge in [0.1, 0.15) is 0 Å². The second-order valence-corrected chi connectivity index (χ2v) is 5.63. The summed E-state index contributed by atoms with van der Waals surface area (Å²) in [5, 5.41) is 0. The molecule has 0 aromatic carbocycles. The Balaban J connectivity index is 2.54. The predicted molar refractivity (Wildman–Crippen MR) is 62.5 cm³/mol. The number of carbonyl (C=O) groups excluding carboxylic acids is 1. The fraction of sp³-hybridized carbons (Fsp3) is 0.917. The van der Waals surface area contributed by atoms with Crippen LogP contribution in [0.2, 0.25) is 0 Å². The van der Waals surface area contributed by atoms with Gasteiger partial charge in [-0.15, -0.1) is 0 Å². The van der Waals surface area contributed by atoms with E-state index in [1.807, 2.05) is 4.90 Å². The minimum Gasteiger partial charge on any atom is -0.338 e. The van der Waals surface area contributed by atoms with Crippen molar-refractivity contribution in [2.24, 2.45) is 11.7 Å². The third-order valence-corrected chi connectivity index (χ3v) is 2.75. The molecule has 0 atom stereocenters. The highest BCUT2D eigenvalue weighted by molar-refractivity contribution is 5.85. The van der Waals surface area contributed by atoms with E-state index in [4.69, 9.17) is 5.73 Å². The highest BCUT2D eigenvalue weighted by Crippen LogP contribution is 2.29. The SMILES string of the molecule is CC(C)CCN(C(=O)C(C)(C)N)C1CC1. The number of hydrogen-bond acceptors (Lipinski definition) is 2. The minimum atomic E-state index is -0.723. The summed E-state index contributed by atoms with van der Waals surface area (Å²) in [6.07, 6.45) is 3.37. The van der Waals surface area contributed by atoms with Gasteiger partial charge in [-0.2, -0.15) is 0 Å². The van der Waals surface area contributed by atoms with E-state index in [2.05, 4.69) is 13.8 Å². The molecule has 0 spiro atoms. The van der Waals surface area contributed by atoms with Crippen molar-refractivity contribution in [3.05, 3.63) is 0 Å². The first-order valence-electron chi connectivity index (χ1n) is 5.92. The highest BCUT2D eigenvalue weighted by Gasteiger charge is 2.37. The van der Waals surface area contributed by atoms with Crippen LogP contribution in [0, 0.1) is 5.92 Å². The number of rotatable bonds is 5. The zero-order valence-electron chi connectivity index (χ0n) is 10.4. The van der Waals surface area contributed by atoms with Crippen LogP contribution in [0.4, 0.5) is 0 Å². The summed E-state index contributed by atoms with van der Waals surface area (Å²) >= 11 is 0. The number of carbonyl (C=O) groups is 1. The van der Waals surface area contributed by atoms with Crippen LogP contribution in [0.25, 0.3) is 0 Å². The Kier molecular flexibility index (Phi) is 3.77. The monoisotopic (exact) mass is 212 g/mol. The lowest BCUT2D eigenvalue weighted by Crippen LogP contribution is -2.52. The van der Waals surface area contributed by atoms with Crippen molar-refractivity contribution < 1.29 is 4.79 Å². The van der Waals surface area contributed by atoms with Gasteiger partial charge in [-0.1, -0.05) is 13.8 Å². The maximum atomic E-state index is 12.1. The van der Waals surface area contributed by atoms with Crippen LogP contribution in [0.15, 0.2) is 0 Å². The minimum absolute atomic E-state index is 0.102. The van der Waals surface area contributed by atoms with Crippen LogP contribution in [0.3, 0.4) is 0 Å². The third-order valence-electron chi connectivity index (χ3n) is 2.75. The van der Waals surface area contributed by atoms with Crippen molar-refractivity contribution in [1.82, 2.24) is 4.90 Å². The van der Waals surface area contributed by atoms with Gasteiger partial charge in [-0.05, 0) is 39.0 Å². The van der Waals surface area contributed by atoms with E-state index in [9.17, 15) is 4.79 Å². The largest absolute Gasteiger partial charge is 0.338 e. The standard InChI is InChI=1S/C12H24N2O/c1-9(2)7-8-14(10-5-6-10)11(15)12(3,4)13/h9-10H,5-8,13H2,1-4H3. The van der Waals surface area contributed by atoms with Crippen LogP contribution in [0.1, 0.15) is 47.0 Å². The lowest BCUT2D eigenvalue weighted by molar-refractivity contribution is -0.136. The first-order valence-corrected chi connectivity index (χ1v) is 5.92. The van der Waals surface area contributed by atoms with E-state index in [0.717, 1.165) is 25.8 Å². The first kappa shape index (κ1) is 12.5. The van der Waals surface area contributed by atoms with Gasteiger partial charge in [0.05, 0.1) is 5.54 Å². The van der Waals surface area contributed by atoms with Gasteiger partial charge in [0.25, 0.3) is 0 Å². The maximum absolute atomic E-state index is 12.1. The van der Waals surface area contributed by atoms with Gasteiger partial charge in [-0.25, -0.2) is 0 Å². The summed E-state index contributed by atoms with van der Waals surface area (Å²) in [5.41, 5.74) is 5.14. The van der Waals surface area contributed by atoms with Crippen LogP contribution in [-0.2, 0) is 4.79 Å². The van der Waals surface area contributed by atoms with Crippen LogP contribution in [0.5, 0.6) is 0 Å². The van der Waals surface area contributed by atoms with E-state index in [0.29, 0.717) is 12.0 Å². The highest BCUT2D eigenvalue weighted by atomic mass is 16.2. The summed E-state index contributed by atoms with van der Waals surface area (Å²) in [5.74, 6) is 0.741. The quantitative estimate of drug-likeness (QED) is 0.755. The molecule has 15 heavy (non-hydrogen) atoms. The third kappa shape index (κ3) is 3.82. The molecule has 3 nitrogen and oxygen atoms in total. The number of amides is 1. The Morgan fingerprint density at radius 3 is 2.33 bits per heavy atom. The molecule has 1 aliphatic carbocycles. The molecule has 0 aromatic rings. The van der Waals surface area contributed by atoms with Crippen molar-refractivity contribution in [3.8, 4) is 0 Å². The van der Waals surface area contributed by atoms with Gasteiger partial charge in [0, 0.05) is 12.6 Å². The molecule has 0 bridgehead atoms. The maximum Gasteiger partial charge on any atom is 0.242 e. The summed E-state index contributed by atoms with van der Waals surface area (Å²) in [6, 6.07) is 0.471. The number of nitrogens with two attached hydrogens (primary N) is 1. The van der Waals surface area contributed by atoms with E-state index in [-0.39, 0.29) is 5.91 Å². The van der Waals surface area contributed by atoms with Crippen molar-refractivity contribution in [2.45, 2.75) is 58.5 Å². The van der Waals surface area contributed by atoms with Gasteiger partial charge in [0.2, 0.25) is 5.91 Å². The van der Waals surface area contributed by atoms with E-state index in [1.165, 1.54) is 0 Å². The molecule has 1 saturated carbocycles. The summed E-state index contributed by atoms with van der Waals surface area (Å²) in [7, 11) is 0. The zero-order chi connectivity index (χ0) is 11.6. The molecule has 0 radical (unpaired) electrons. The molecule has 1 rings (SSSR count). The molecule has 0 aromatic heterocycles. The topological polar surface area (TPSA) is 46.3 Å². The second-order valence-electron chi connectivity index (χ2n) is 5.63. The molecule has 1 amide bonds. The molecule has 0 heterocycles. The molecule has 0 saturated heterocycles. The summed E-state index contributed by atoms with van der Waals surface area (Å²) < 4.78 is 0. The lowest BCUT2D eigenvalue weighted by Gasteiger charge is -2.30. The summed E-state index contributed by atoms with van der Waals surface area (Å²) in [4.78, 5) is 14.0. The Labute approximate surface area is 93.0 Å². The predicted octanol–water partition coefficient (Wildman–Crippen LogP) is 1.76.